The molecule has 9 rings (SSSR count). The Morgan fingerprint density at radius 1 is 0.435 bits per heavy atom. The van der Waals surface area contributed by atoms with E-state index in [4.69, 9.17) is 15.0 Å². The van der Waals surface area contributed by atoms with Crippen LogP contribution in [-0.2, 0) is 0 Å². The molecule has 9 aromatic rings. The van der Waals surface area contributed by atoms with E-state index in [0.717, 1.165) is 55.3 Å². The van der Waals surface area contributed by atoms with Gasteiger partial charge in [0.25, 0.3) is 0 Å². The Morgan fingerprint density at radius 3 is 1.61 bits per heavy atom. The number of para-hydroxylation sites is 2. The molecule has 0 atom stereocenters. The Hall–Kier alpha value is -6.33. The molecule has 0 saturated carbocycles. The highest BCUT2D eigenvalue weighted by molar-refractivity contribution is 6.23. The van der Waals surface area contributed by atoms with E-state index in [1.54, 1.807) is 0 Å². The second kappa shape index (κ2) is 10.7. The minimum Gasteiger partial charge on any atom is -0.309 e. The van der Waals surface area contributed by atoms with Crippen molar-refractivity contribution in [3.63, 3.8) is 0 Å². The fourth-order valence-electron chi connectivity index (χ4n) is 6.55. The molecular formula is C41H27N5. The van der Waals surface area contributed by atoms with Gasteiger partial charge in [0.1, 0.15) is 0 Å². The molecule has 46 heavy (non-hydrogen) atoms. The van der Waals surface area contributed by atoms with E-state index in [1.807, 2.05) is 60.7 Å². The molecule has 0 bridgehead atoms. The van der Waals surface area contributed by atoms with Gasteiger partial charge in [-0.25, -0.2) is 4.98 Å². The van der Waals surface area contributed by atoms with E-state index >= 15 is 0 Å². The average molecular weight is 590 g/mol. The summed E-state index contributed by atoms with van der Waals surface area (Å²) in [7, 11) is 0. The molecule has 0 aliphatic heterocycles. The Bertz CT molecular complexity index is 2440. The zero-order chi connectivity index (χ0) is 30.5. The zero-order valence-corrected chi connectivity index (χ0v) is 24.8. The van der Waals surface area contributed by atoms with Crippen LogP contribution in [0.15, 0.2) is 164 Å². The Balaban J connectivity index is 1.43. The third-order valence-corrected chi connectivity index (χ3v) is 8.61. The Labute approximate surface area is 265 Å². The molecule has 0 aliphatic rings. The number of nitrogens with zero attached hydrogens (tertiary/aromatic N) is 5. The average Bonchev–Trinajstić information content (AvgIpc) is 3.72. The molecule has 0 spiro atoms. The van der Waals surface area contributed by atoms with Crippen molar-refractivity contribution in [2.24, 2.45) is 0 Å². The van der Waals surface area contributed by atoms with Crippen LogP contribution in [0.3, 0.4) is 0 Å². The fourth-order valence-corrected chi connectivity index (χ4v) is 6.55. The molecule has 0 saturated heterocycles. The largest absolute Gasteiger partial charge is 0.309 e. The monoisotopic (exact) mass is 589 g/mol. The molecule has 5 nitrogen and oxygen atoms in total. The summed E-state index contributed by atoms with van der Waals surface area (Å²) in [4.78, 5) is 15.2. The van der Waals surface area contributed by atoms with Gasteiger partial charge < -0.3 is 4.57 Å². The molecule has 3 aromatic heterocycles. The van der Waals surface area contributed by atoms with Crippen molar-refractivity contribution in [2.45, 2.75) is 0 Å². The van der Waals surface area contributed by atoms with Gasteiger partial charge in [-0.2, -0.15) is 9.97 Å². The van der Waals surface area contributed by atoms with Crippen molar-refractivity contribution >= 4 is 32.7 Å². The summed E-state index contributed by atoms with van der Waals surface area (Å²) in [6.07, 6.45) is 2.10. The van der Waals surface area contributed by atoms with Gasteiger partial charge in [-0.15, -0.1) is 0 Å². The molecule has 0 fully saturated rings. The van der Waals surface area contributed by atoms with E-state index < -0.39 is 0 Å². The van der Waals surface area contributed by atoms with Gasteiger partial charge in [0.15, 0.2) is 11.6 Å². The molecule has 0 radical (unpaired) electrons. The topological polar surface area (TPSA) is 48.5 Å². The molecule has 0 aliphatic carbocycles. The normalized spacial score (nSPS) is 11.5. The molecule has 0 amide bonds. The SMILES string of the molecule is c1ccc(-c2nc(-c3ccccc3)nc(-n3ccc4c(-c5ccccc5)cc5c(c6ccccc6n5-c5ccccc5)c43)n2)cc1. The lowest BCUT2D eigenvalue weighted by Crippen LogP contribution is -2.06. The van der Waals surface area contributed by atoms with Crippen molar-refractivity contribution in [1.82, 2.24) is 24.1 Å². The standard InChI is InChI=1S/C41H27N5/c1-5-15-28(16-6-1)34-27-36-37(33-23-13-14-24-35(33)46(36)31-21-11-4-12-22-31)38-32(34)25-26-45(38)41-43-39(29-17-7-2-8-18-29)42-40(44-41)30-19-9-3-10-20-30/h1-27H. The first-order valence-corrected chi connectivity index (χ1v) is 15.4. The summed E-state index contributed by atoms with van der Waals surface area (Å²) >= 11 is 0. The van der Waals surface area contributed by atoms with Crippen molar-refractivity contribution < 1.29 is 0 Å². The van der Waals surface area contributed by atoms with E-state index in [2.05, 4.69) is 112 Å². The van der Waals surface area contributed by atoms with Gasteiger partial charge >= 0.3 is 0 Å². The molecule has 0 N–H and O–H groups in total. The van der Waals surface area contributed by atoms with Crippen LogP contribution in [0.5, 0.6) is 0 Å². The Kier molecular flexibility index (Phi) is 6.06. The summed E-state index contributed by atoms with van der Waals surface area (Å²) in [6.45, 7) is 0. The summed E-state index contributed by atoms with van der Waals surface area (Å²) < 4.78 is 4.51. The highest BCUT2D eigenvalue weighted by Gasteiger charge is 2.22. The quantitative estimate of drug-likeness (QED) is 0.201. The van der Waals surface area contributed by atoms with E-state index in [0.29, 0.717) is 17.6 Å². The molecule has 6 aromatic carbocycles. The summed E-state index contributed by atoms with van der Waals surface area (Å²) in [5, 5.41) is 3.46. The summed E-state index contributed by atoms with van der Waals surface area (Å²) in [5.41, 5.74) is 8.64. The summed E-state index contributed by atoms with van der Waals surface area (Å²) in [6, 6.07) is 54.6. The van der Waals surface area contributed by atoms with E-state index in [1.165, 1.54) is 5.39 Å². The molecule has 216 valence electrons. The first-order valence-electron chi connectivity index (χ1n) is 15.4. The smallest absolute Gasteiger partial charge is 0.238 e. The lowest BCUT2D eigenvalue weighted by molar-refractivity contribution is 0.935. The minimum atomic E-state index is 0.575. The first-order chi connectivity index (χ1) is 22.8. The Morgan fingerprint density at radius 2 is 0.978 bits per heavy atom. The second-order valence-electron chi connectivity index (χ2n) is 11.3. The van der Waals surface area contributed by atoms with Crippen molar-refractivity contribution in [1.29, 1.82) is 0 Å². The number of fused-ring (bicyclic) bond motifs is 5. The second-order valence-corrected chi connectivity index (χ2v) is 11.3. The number of hydrogen-bond donors (Lipinski definition) is 0. The summed E-state index contributed by atoms with van der Waals surface area (Å²) in [5.74, 6) is 1.84. The molecule has 0 unspecified atom stereocenters. The van der Waals surface area contributed by atoms with Crippen LogP contribution < -0.4 is 0 Å². The minimum absolute atomic E-state index is 0.575. The number of benzene rings is 6. The molecule has 3 heterocycles. The van der Waals surface area contributed by atoms with E-state index in [9.17, 15) is 0 Å². The zero-order valence-electron chi connectivity index (χ0n) is 24.8. The number of aromatic nitrogens is 5. The van der Waals surface area contributed by atoms with Crippen LogP contribution >= 0.6 is 0 Å². The van der Waals surface area contributed by atoms with Crippen molar-refractivity contribution in [3.05, 3.63) is 164 Å². The van der Waals surface area contributed by atoms with Gasteiger partial charge in [-0.3, -0.25) is 4.57 Å². The van der Waals surface area contributed by atoms with Crippen LogP contribution in [0.4, 0.5) is 0 Å². The maximum absolute atomic E-state index is 5.11. The third-order valence-electron chi connectivity index (χ3n) is 8.61. The fraction of sp³-hybridized carbons (Fsp3) is 0. The maximum Gasteiger partial charge on any atom is 0.238 e. The number of rotatable bonds is 5. The van der Waals surface area contributed by atoms with Crippen molar-refractivity contribution in [2.75, 3.05) is 0 Å². The third kappa shape index (κ3) is 4.21. The van der Waals surface area contributed by atoms with E-state index in [-0.39, 0.29) is 0 Å². The van der Waals surface area contributed by atoms with Gasteiger partial charge in [-0.1, -0.05) is 127 Å². The number of hydrogen-bond acceptors (Lipinski definition) is 3. The lowest BCUT2D eigenvalue weighted by atomic mass is 9.98. The van der Waals surface area contributed by atoms with Crippen LogP contribution in [0.1, 0.15) is 0 Å². The predicted molar refractivity (Wildman–Crippen MR) is 187 cm³/mol. The van der Waals surface area contributed by atoms with Gasteiger partial charge in [-0.05, 0) is 41.5 Å². The lowest BCUT2D eigenvalue weighted by Gasteiger charge is -2.13. The highest BCUT2D eigenvalue weighted by atomic mass is 15.2. The van der Waals surface area contributed by atoms with Gasteiger partial charge in [0.2, 0.25) is 5.95 Å². The maximum atomic E-state index is 5.11. The molecular weight excluding hydrogens is 562 g/mol. The van der Waals surface area contributed by atoms with Crippen LogP contribution in [0.25, 0.3) is 78.2 Å². The molecule has 5 heteroatoms. The highest BCUT2D eigenvalue weighted by Crippen LogP contribution is 2.42. The van der Waals surface area contributed by atoms with Crippen LogP contribution in [0, 0.1) is 0 Å². The van der Waals surface area contributed by atoms with Gasteiger partial charge in [0.05, 0.1) is 16.6 Å². The van der Waals surface area contributed by atoms with Crippen LogP contribution in [-0.4, -0.2) is 24.1 Å². The predicted octanol–water partition coefficient (Wildman–Crippen LogP) is 9.91. The first kappa shape index (κ1) is 26.1. The van der Waals surface area contributed by atoms with Gasteiger partial charge in [0, 0.05) is 39.2 Å². The van der Waals surface area contributed by atoms with Crippen molar-refractivity contribution in [3.8, 4) is 45.5 Å². The van der Waals surface area contributed by atoms with Crippen LogP contribution in [0.2, 0.25) is 0 Å².